The molecule has 0 bridgehead atoms. The van der Waals surface area contributed by atoms with Crippen molar-refractivity contribution in [2.75, 3.05) is 38.3 Å². The first kappa shape index (κ1) is 14.9. The number of anilines is 1. The molecule has 0 radical (unpaired) electrons. The summed E-state index contributed by atoms with van der Waals surface area (Å²) in [5.74, 6) is 0. The number of aliphatic hydroxyl groups excluding tert-OH is 1. The summed E-state index contributed by atoms with van der Waals surface area (Å²) in [4.78, 5) is 12.3. The first-order valence-electron chi connectivity index (χ1n) is 5.38. The van der Waals surface area contributed by atoms with E-state index in [9.17, 15) is 10.1 Å². The number of halogens is 1. The fourth-order valence-corrected chi connectivity index (χ4v) is 1.93. The van der Waals surface area contributed by atoms with Gasteiger partial charge < -0.3 is 14.7 Å². The number of hydrogen-bond donors (Lipinski definition) is 1. The van der Waals surface area contributed by atoms with Crippen LogP contribution in [0.5, 0.6) is 0 Å². The van der Waals surface area contributed by atoms with Gasteiger partial charge in [0.25, 0.3) is 5.69 Å². The van der Waals surface area contributed by atoms with Crippen molar-refractivity contribution in [3.05, 3.63) is 32.8 Å². The van der Waals surface area contributed by atoms with E-state index in [0.29, 0.717) is 29.9 Å². The lowest BCUT2D eigenvalue weighted by atomic mass is 10.2. The number of benzene rings is 1. The second kappa shape index (κ2) is 7.30. The molecule has 0 aliphatic carbocycles. The molecular weight excluding hydrogens is 304 g/mol. The van der Waals surface area contributed by atoms with Gasteiger partial charge in [0.2, 0.25) is 0 Å². The summed E-state index contributed by atoms with van der Waals surface area (Å²) >= 11 is 3.21. The zero-order chi connectivity index (χ0) is 13.5. The molecule has 0 amide bonds. The highest BCUT2D eigenvalue weighted by Gasteiger charge is 2.19. The van der Waals surface area contributed by atoms with Crippen molar-refractivity contribution in [1.29, 1.82) is 0 Å². The summed E-state index contributed by atoms with van der Waals surface area (Å²) in [6.07, 6.45) is 0. The number of aliphatic hydroxyl groups is 1. The van der Waals surface area contributed by atoms with Crippen molar-refractivity contribution in [3.8, 4) is 0 Å². The lowest BCUT2D eigenvalue weighted by molar-refractivity contribution is -0.384. The van der Waals surface area contributed by atoms with Gasteiger partial charge in [0.15, 0.2) is 0 Å². The van der Waals surface area contributed by atoms with E-state index in [4.69, 9.17) is 9.84 Å². The number of nitrogens with zero attached hydrogens (tertiary/aromatic N) is 2. The number of hydrogen-bond acceptors (Lipinski definition) is 5. The highest BCUT2D eigenvalue weighted by atomic mass is 79.9. The van der Waals surface area contributed by atoms with Gasteiger partial charge in [-0.25, -0.2) is 0 Å². The van der Waals surface area contributed by atoms with E-state index in [1.807, 2.05) is 0 Å². The summed E-state index contributed by atoms with van der Waals surface area (Å²) in [5, 5.41) is 20.0. The molecule has 0 saturated carbocycles. The average molecular weight is 319 g/mol. The van der Waals surface area contributed by atoms with Crippen molar-refractivity contribution in [2.24, 2.45) is 0 Å². The molecular formula is C11H15BrN2O4. The van der Waals surface area contributed by atoms with Crippen LogP contribution in [0.3, 0.4) is 0 Å². The van der Waals surface area contributed by atoms with Crippen LogP contribution in [0.1, 0.15) is 0 Å². The standard InChI is InChI=1S/C11H15BrN2O4/c1-18-7-5-13(4-6-15)10-3-2-9(12)8-11(10)14(16)17/h2-3,8,15H,4-7H2,1H3. The molecule has 1 N–H and O–H groups in total. The van der Waals surface area contributed by atoms with Crippen LogP contribution in [-0.4, -0.2) is 43.4 Å². The Hall–Kier alpha value is -1.18. The molecule has 0 spiro atoms. The SMILES string of the molecule is COCCN(CCO)c1ccc(Br)cc1[N+](=O)[O-]. The molecule has 0 fully saturated rings. The summed E-state index contributed by atoms with van der Waals surface area (Å²) in [5.41, 5.74) is 0.489. The van der Waals surface area contributed by atoms with E-state index in [0.717, 1.165) is 0 Å². The highest BCUT2D eigenvalue weighted by molar-refractivity contribution is 9.10. The molecule has 6 nitrogen and oxygen atoms in total. The monoisotopic (exact) mass is 318 g/mol. The Morgan fingerprint density at radius 2 is 2.22 bits per heavy atom. The third-order valence-corrected chi connectivity index (χ3v) is 2.90. The summed E-state index contributed by atoms with van der Waals surface area (Å²) in [6.45, 7) is 1.18. The zero-order valence-electron chi connectivity index (χ0n) is 10.0. The molecule has 0 heterocycles. The van der Waals surface area contributed by atoms with Crippen molar-refractivity contribution in [2.45, 2.75) is 0 Å². The smallest absolute Gasteiger partial charge is 0.293 e. The largest absolute Gasteiger partial charge is 0.395 e. The van der Waals surface area contributed by atoms with Crippen molar-refractivity contribution >= 4 is 27.3 Å². The van der Waals surface area contributed by atoms with Gasteiger partial charge in [-0.2, -0.15) is 0 Å². The zero-order valence-corrected chi connectivity index (χ0v) is 11.6. The Kier molecular flexibility index (Phi) is 6.03. The minimum Gasteiger partial charge on any atom is -0.395 e. The summed E-state index contributed by atoms with van der Waals surface area (Å²) in [7, 11) is 1.56. The van der Waals surface area contributed by atoms with Crippen molar-refractivity contribution in [1.82, 2.24) is 0 Å². The van der Waals surface area contributed by atoms with Gasteiger partial charge in [-0.05, 0) is 12.1 Å². The summed E-state index contributed by atoms with van der Waals surface area (Å²) in [6, 6.07) is 4.85. The lowest BCUT2D eigenvalue weighted by Gasteiger charge is -2.23. The third-order valence-electron chi connectivity index (χ3n) is 2.41. The van der Waals surface area contributed by atoms with Gasteiger partial charge in [0.1, 0.15) is 5.69 Å². The van der Waals surface area contributed by atoms with Crippen LogP contribution < -0.4 is 4.90 Å². The van der Waals surface area contributed by atoms with Gasteiger partial charge in [0.05, 0.1) is 18.1 Å². The molecule has 18 heavy (non-hydrogen) atoms. The van der Waals surface area contributed by atoms with Crippen LogP contribution in [0.15, 0.2) is 22.7 Å². The maximum Gasteiger partial charge on any atom is 0.293 e. The molecule has 0 saturated heterocycles. The van der Waals surface area contributed by atoms with Crippen LogP contribution in [-0.2, 0) is 4.74 Å². The topological polar surface area (TPSA) is 75.8 Å². The molecule has 1 aromatic rings. The van der Waals surface area contributed by atoms with Crippen LogP contribution in [0.4, 0.5) is 11.4 Å². The molecule has 0 aromatic heterocycles. The molecule has 0 aliphatic heterocycles. The fraction of sp³-hybridized carbons (Fsp3) is 0.455. The number of nitro benzene ring substituents is 1. The Balaban J connectivity index is 3.05. The van der Waals surface area contributed by atoms with E-state index in [2.05, 4.69) is 15.9 Å². The first-order chi connectivity index (χ1) is 8.60. The second-order valence-electron chi connectivity index (χ2n) is 3.59. The van der Waals surface area contributed by atoms with Gasteiger partial charge in [0, 0.05) is 30.7 Å². The van der Waals surface area contributed by atoms with E-state index in [1.54, 1.807) is 24.1 Å². The van der Waals surface area contributed by atoms with Gasteiger partial charge in [-0.15, -0.1) is 0 Å². The molecule has 1 aromatic carbocycles. The summed E-state index contributed by atoms with van der Waals surface area (Å²) < 4.78 is 5.61. The molecule has 100 valence electrons. The van der Waals surface area contributed by atoms with E-state index < -0.39 is 4.92 Å². The first-order valence-corrected chi connectivity index (χ1v) is 6.18. The minimum absolute atomic E-state index is 0.00827. The highest BCUT2D eigenvalue weighted by Crippen LogP contribution is 2.30. The maximum atomic E-state index is 11.0. The van der Waals surface area contributed by atoms with Crippen LogP contribution in [0.2, 0.25) is 0 Å². The third kappa shape index (κ3) is 3.94. The quantitative estimate of drug-likeness (QED) is 0.613. The van der Waals surface area contributed by atoms with Crippen molar-refractivity contribution < 1.29 is 14.8 Å². The van der Waals surface area contributed by atoms with Crippen LogP contribution in [0.25, 0.3) is 0 Å². The minimum atomic E-state index is -0.433. The predicted molar refractivity (Wildman–Crippen MR) is 72.0 cm³/mol. The van der Waals surface area contributed by atoms with Gasteiger partial charge in [-0.3, -0.25) is 10.1 Å². The Labute approximate surface area is 113 Å². The Morgan fingerprint density at radius 1 is 1.50 bits per heavy atom. The molecule has 0 atom stereocenters. The van der Waals surface area contributed by atoms with Gasteiger partial charge >= 0.3 is 0 Å². The average Bonchev–Trinajstić information content (AvgIpc) is 2.34. The molecule has 1 rings (SSSR count). The van der Waals surface area contributed by atoms with E-state index in [1.165, 1.54) is 6.07 Å². The van der Waals surface area contributed by atoms with Gasteiger partial charge in [-0.1, -0.05) is 15.9 Å². The second-order valence-corrected chi connectivity index (χ2v) is 4.51. The van der Waals surface area contributed by atoms with Crippen LogP contribution in [0, 0.1) is 10.1 Å². The van der Waals surface area contributed by atoms with E-state index in [-0.39, 0.29) is 12.3 Å². The molecule has 0 aliphatic rings. The van der Waals surface area contributed by atoms with Crippen molar-refractivity contribution in [3.63, 3.8) is 0 Å². The molecule has 0 unspecified atom stereocenters. The number of rotatable bonds is 7. The maximum absolute atomic E-state index is 11.0. The normalized spacial score (nSPS) is 10.4. The van der Waals surface area contributed by atoms with Crippen LogP contribution >= 0.6 is 15.9 Å². The number of methoxy groups -OCH3 is 1. The van der Waals surface area contributed by atoms with E-state index >= 15 is 0 Å². The Bertz CT molecular complexity index is 414. The fourth-order valence-electron chi connectivity index (χ4n) is 1.59. The Morgan fingerprint density at radius 3 is 2.78 bits per heavy atom. The molecule has 7 heteroatoms. The lowest BCUT2D eigenvalue weighted by Crippen LogP contribution is -2.30. The predicted octanol–water partition coefficient (Wildman–Crippen LogP) is 1.80. The number of nitro groups is 1. The number of ether oxygens (including phenoxy) is 1.